The number of rotatable bonds is 6. The molecule has 1 saturated heterocycles. The van der Waals surface area contributed by atoms with Gasteiger partial charge >= 0.3 is 0 Å². The lowest BCUT2D eigenvalue weighted by Crippen LogP contribution is -2.47. The van der Waals surface area contributed by atoms with Crippen molar-refractivity contribution >= 4 is 55.3 Å². The summed E-state index contributed by atoms with van der Waals surface area (Å²) in [7, 11) is 1.57. The first-order chi connectivity index (χ1) is 19.3. The van der Waals surface area contributed by atoms with Crippen molar-refractivity contribution in [2.45, 2.75) is 25.2 Å². The summed E-state index contributed by atoms with van der Waals surface area (Å²) in [6, 6.07) is 13.6. The summed E-state index contributed by atoms with van der Waals surface area (Å²) in [5, 5.41) is 12.9. The Morgan fingerprint density at radius 3 is 2.70 bits per heavy atom. The number of alkyl halides is 1. The molecule has 1 fully saturated rings. The van der Waals surface area contributed by atoms with E-state index in [1.807, 2.05) is 24.3 Å². The number of likely N-dealkylation sites (tertiary alicyclic amines) is 1. The highest BCUT2D eigenvalue weighted by Crippen LogP contribution is 2.31. The van der Waals surface area contributed by atoms with E-state index in [1.54, 1.807) is 43.7 Å². The first-order valence-corrected chi connectivity index (χ1v) is 13.3. The molecule has 202 valence electrons. The molecule has 6 rings (SSSR count). The van der Waals surface area contributed by atoms with E-state index in [2.05, 4.69) is 20.3 Å². The van der Waals surface area contributed by atoms with Crippen molar-refractivity contribution in [1.29, 1.82) is 0 Å². The van der Waals surface area contributed by atoms with Crippen molar-refractivity contribution in [3.8, 4) is 11.1 Å². The van der Waals surface area contributed by atoms with Gasteiger partial charge in [0.05, 0.1) is 34.7 Å². The minimum Gasteiger partial charge on any atom is -0.364 e. The lowest BCUT2D eigenvalue weighted by atomic mass is 10.0. The van der Waals surface area contributed by atoms with E-state index in [-0.39, 0.29) is 25.2 Å². The van der Waals surface area contributed by atoms with E-state index in [1.165, 1.54) is 25.8 Å². The maximum absolute atomic E-state index is 14.6. The highest BCUT2D eigenvalue weighted by Gasteiger charge is 2.41. The van der Waals surface area contributed by atoms with Crippen LogP contribution in [0, 0.1) is 0 Å². The van der Waals surface area contributed by atoms with Crippen LogP contribution >= 0.6 is 11.3 Å². The van der Waals surface area contributed by atoms with Gasteiger partial charge in [0.1, 0.15) is 18.8 Å². The first kappa shape index (κ1) is 25.5. The van der Waals surface area contributed by atoms with Crippen LogP contribution in [0.2, 0.25) is 0 Å². The fourth-order valence-corrected chi connectivity index (χ4v) is 5.89. The molecule has 0 radical (unpaired) electrons. The number of benzene rings is 2. The van der Waals surface area contributed by atoms with Crippen LogP contribution in [0.4, 0.5) is 9.52 Å². The minimum absolute atomic E-state index is 0.000323. The number of anilines is 1. The van der Waals surface area contributed by atoms with Gasteiger partial charge in [-0.25, -0.2) is 9.37 Å². The Bertz CT molecular complexity index is 1740. The van der Waals surface area contributed by atoms with Crippen molar-refractivity contribution in [2.24, 2.45) is 5.73 Å². The van der Waals surface area contributed by atoms with E-state index in [4.69, 9.17) is 5.73 Å². The number of nitrogens with two attached hydrogens (primary N) is 1. The molecule has 0 aliphatic carbocycles. The molecule has 1 aliphatic rings. The van der Waals surface area contributed by atoms with Crippen molar-refractivity contribution in [3.05, 3.63) is 66.6 Å². The number of nitrogens with zero attached hydrogens (tertiary/aromatic N) is 7. The number of carbonyl (C=O) groups is 3. The van der Waals surface area contributed by atoms with Crippen LogP contribution in [-0.4, -0.2) is 73.4 Å². The van der Waals surface area contributed by atoms with Gasteiger partial charge in [0.25, 0.3) is 11.8 Å². The Kier molecular flexibility index (Phi) is 6.42. The summed E-state index contributed by atoms with van der Waals surface area (Å²) in [5.74, 6) is -1.68. The summed E-state index contributed by atoms with van der Waals surface area (Å²) in [4.78, 5) is 46.2. The third-order valence-corrected chi connectivity index (χ3v) is 8.05. The maximum atomic E-state index is 14.6. The summed E-state index contributed by atoms with van der Waals surface area (Å²) in [6.07, 6.45) is 1.67. The SMILES string of the molecule is CN(C(=O)[C@@H]1C[C@@H](F)CN1C(=O)Cn1nc(C(N)=O)c2cc(-c3ccnnc3)ccc21)c1nc2ccccc2s1. The van der Waals surface area contributed by atoms with Crippen LogP contribution in [0.15, 0.2) is 60.9 Å². The molecule has 11 nitrogen and oxygen atoms in total. The zero-order chi connectivity index (χ0) is 28.0. The molecule has 13 heteroatoms. The highest BCUT2D eigenvalue weighted by atomic mass is 32.1. The van der Waals surface area contributed by atoms with Crippen LogP contribution in [0.1, 0.15) is 16.9 Å². The van der Waals surface area contributed by atoms with Gasteiger partial charge in [0.2, 0.25) is 5.91 Å². The van der Waals surface area contributed by atoms with Gasteiger partial charge in [0.15, 0.2) is 10.8 Å². The monoisotopic (exact) mass is 558 g/mol. The number of likely N-dealkylation sites (N-methyl/N-ethyl adjacent to an activating group) is 1. The van der Waals surface area contributed by atoms with Crippen LogP contribution in [-0.2, 0) is 16.1 Å². The third-order valence-electron chi connectivity index (χ3n) is 6.94. The van der Waals surface area contributed by atoms with Crippen molar-refractivity contribution < 1.29 is 18.8 Å². The second-order valence-corrected chi connectivity index (χ2v) is 10.5. The molecule has 40 heavy (non-hydrogen) atoms. The highest BCUT2D eigenvalue weighted by molar-refractivity contribution is 7.22. The van der Waals surface area contributed by atoms with Gasteiger partial charge in [0, 0.05) is 24.4 Å². The summed E-state index contributed by atoms with van der Waals surface area (Å²) < 4.78 is 16.9. The molecule has 3 aromatic heterocycles. The maximum Gasteiger partial charge on any atom is 0.269 e. The fourth-order valence-electron chi connectivity index (χ4n) is 4.96. The van der Waals surface area contributed by atoms with E-state index in [0.29, 0.717) is 16.0 Å². The normalized spacial score (nSPS) is 17.0. The summed E-state index contributed by atoms with van der Waals surface area (Å²) >= 11 is 1.34. The number of carbonyl (C=O) groups excluding carboxylic acids is 3. The molecule has 1 aliphatic heterocycles. The Morgan fingerprint density at radius 2 is 1.95 bits per heavy atom. The minimum atomic E-state index is -1.35. The molecule has 2 aromatic carbocycles. The molecule has 0 saturated carbocycles. The molecule has 4 heterocycles. The predicted molar refractivity (Wildman–Crippen MR) is 147 cm³/mol. The number of para-hydroxylation sites is 1. The number of fused-ring (bicyclic) bond motifs is 2. The topological polar surface area (TPSA) is 140 Å². The quantitative estimate of drug-likeness (QED) is 0.338. The van der Waals surface area contributed by atoms with Gasteiger partial charge in [-0.2, -0.15) is 15.3 Å². The number of thiazole rings is 1. The van der Waals surface area contributed by atoms with E-state index in [0.717, 1.165) is 21.3 Å². The van der Waals surface area contributed by atoms with E-state index >= 15 is 0 Å². The van der Waals surface area contributed by atoms with Gasteiger partial charge in [-0.1, -0.05) is 29.5 Å². The standard InChI is InChI=1S/C27H23FN8O3S/c1-34(27-32-19-4-2-3-5-22(19)40-27)26(39)21-11-17(28)13-35(21)23(37)14-36-20-7-6-15(16-8-9-30-31-12-16)10-18(20)24(33-36)25(29)38/h2-10,12,17,21H,11,13-14H2,1H3,(H2,29,38)/t17-,21+/m1/s1. The van der Waals surface area contributed by atoms with Crippen molar-refractivity contribution in [1.82, 2.24) is 29.9 Å². The largest absolute Gasteiger partial charge is 0.364 e. The molecule has 3 amide bonds. The molecule has 5 aromatic rings. The number of hydrogen-bond donors (Lipinski definition) is 1. The lowest BCUT2D eigenvalue weighted by Gasteiger charge is -2.26. The zero-order valence-electron chi connectivity index (χ0n) is 21.3. The Balaban J connectivity index is 1.27. The van der Waals surface area contributed by atoms with E-state index in [9.17, 15) is 18.8 Å². The van der Waals surface area contributed by atoms with Gasteiger partial charge in [-0.05, 0) is 35.9 Å². The Labute approximate surface area is 231 Å². The number of aromatic nitrogens is 5. The van der Waals surface area contributed by atoms with Crippen molar-refractivity contribution in [3.63, 3.8) is 0 Å². The van der Waals surface area contributed by atoms with Crippen LogP contribution in [0.25, 0.3) is 32.2 Å². The van der Waals surface area contributed by atoms with Crippen LogP contribution < -0.4 is 10.6 Å². The van der Waals surface area contributed by atoms with Crippen LogP contribution in [0.3, 0.4) is 0 Å². The molecular weight excluding hydrogens is 535 g/mol. The average molecular weight is 559 g/mol. The van der Waals surface area contributed by atoms with Gasteiger partial charge in [-0.3, -0.25) is 24.0 Å². The van der Waals surface area contributed by atoms with Crippen molar-refractivity contribution in [2.75, 3.05) is 18.5 Å². The second-order valence-electron chi connectivity index (χ2n) is 9.49. The molecule has 0 unspecified atom stereocenters. The summed E-state index contributed by atoms with van der Waals surface area (Å²) in [6.45, 7) is -0.523. The molecule has 0 spiro atoms. The van der Waals surface area contributed by atoms with E-state index < -0.39 is 29.9 Å². The van der Waals surface area contributed by atoms with Gasteiger partial charge < -0.3 is 10.6 Å². The molecular formula is C27H23FN8O3S. The Hall–Kier alpha value is -4.78. The Morgan fingerprint density at radius 1 is 1.12 bits per heavy atom. The number of hydrogen-bond acceptors (Lipinski definition) is 8. The zero-order valence-corrected chi connectivity index (χ0v) is 22.1. The summed E-state index contributed by atoms with van der Waals surface area (Å²) in [5.41, 5.74) is 8.39. The third kappa shape index (κ3) is 4.53. The smallest absolute Gasteiger partial charge is 0.269 e. The molecule has 2 atom stereocenters. The molecule has 0 bridgehead atoms. The number of amides is 3. The molecule has 2 N–H and O–H groups in total. The number of halogens is 1. The van der Waals surface area contributed by atoms with Crippen LogP contribution in [0.5, 0.6) is 0 Å². The first-order valence-electron chi connectivity index (χ1n) is 12.4. The lowest BCUT2D eigenvalue weighted by molar-refractivity contribution is -0.138. The fraction of sp³-hybridized carbons (Fsp3) is 0.222. The van der Waals surface area contributed by atoms with Gasteiger partial charge in [-0.15, -0.1) is 0 Å². The number of primary amides is 1. The second kappa shape index (κ2) is 10.1. The predicted octanol–water partition coefficient (Wildman–Crippen LogP) is 2.80. The average Bonchev–Trinajstić information content (AvgIpc) is 3.67.